The molecule has 2 aromatic carbocycles. The molecule has 0 bridgehead atoms. The molecule has 1 heterocycles. The molecule has 0 spiro atoms. The minimum atomic E-state index is -1.01. The van der Waals surface area contributed by atoms with Crippen molar-refractivity contribution in [3.8, 4) is 11.4 Å². The molecule has 2 N–H and O–H groups in total. The average molecular weight is 307 g/mol. The van der Waals surface area contributed by atoms with E-state index in [0.717, 1.165) is 0 Å². The highest BCUT2D eigenvalue weighted by molar-refractivity contribution is 6.38. The highest BCUT2D eigenvalue weighted by Gasteiger charge is 2.15. The summed E-state index contributed by atoms with van der Waals surface area (Å²) < 4.78 is 0. The van der Waals surface area contributed by atoms with Crippen molar-refractivity contribution >= 4 is 40.2 Å². The van der Waals surface area contributed by atoms with Gasteiger partial charge in [-0.25, -0.2) is 9.78 Å². The predicted molar refractivity (Wildman–Crippen MR) is 78.5 cm³/mol. The topological polar surface area (TPSA) is 66.0 Å². The minimum absolute atomic E-state index is 0.175. The Kier molecular flexibility index (Phi) is 3.12. The third-order valence-electron chi connectivity index (χ3n) is 2.92. The van der Waals surface area contributed by atoms with Crippen LogP contribution >= 0.6 is 23.2 Å². The lowest BCUT2D eigenvalue weighted by molar-refractivity contribution is 0.0697. The first-order chi connectivity index (χ1) is 9.56. The second-order valence-corrected chi connectivity index (χ2v) is 5.06. The number of H-pyrrole nitrogens is 1. The number of halogens is 2. The maximum Gasteiger partial charge on any atom is 0.336 e. The fraction of sp³-hybridized carbons (Fsp3) is 0. The van der Waals surface area contributed by atoms with Crippen molar-refractivity contribution in [2.45, 2.75) is 0 Å². The largest absolute Gasteiger partial charge is 0.478 e. The Morgan fingerprint density at radius 1 is 1.20 bits per heavy atom. The lowest BCUT2D eigenvalue weighted by Crippen LogP contribution is -1.99. The van der Waals surface area contributed by atoms with Crippen LogP contribution in [0, 0.1) is 0 Å². The summed E-state index contributed by atoms with van der Waals surface area (Å²) in [6.07, 6.45) is 0. The van der Waals surface area contributed by atoms with Crippen molar-refractivity contribution in [2.75, 3.05) is 0 Å². The first-order valence-corrected chi connectivity index (χ1v) is 6.49. The third-order valence-corrected chi connectivity index (χ3v) is 3.42. The number of carbonyl (C=O) groups is 1. The van der Waals surface area contributed by atoms with Gasteiger partial charge in [-0.2, -0.15) is 0 Å². The average Bonchev–Trinajstić information content (AvgIpc) is 2.82. The molecular formula is C14H8Cl2N2O2. The number of fused-ring (bicyclic) bond motifs is 1. The van der Waals surface area contributed by atoms with Crippen LogP contribution in [0.2, 0.25) is 10.0 Å². The summed E-state index contributed by atoms with van der Waals surface area (Å²) >= 11 is 12.0. The van der Waals surface area contributed by atoms with Crippen LogP contribution in [0.25, 0.3) is 22.4 Å². The number of benzene rings is 2. The lowest BCUT2D eigenvalue weighted by Gasteiger charge is -2.01. The normalized spacial score (nSPS) is 10.9. The van der Waals surface area contributed by atoms with Gasteiger partial charge in [-0.15, -0.1) is 0 Å². The van der Waals surface area contributed by atoms with Crippen LogP contribution in [-0.2, 0) is 0 Å². The number of aromatic amines is 1. The molecule has 0 fully saturated rings. The quantitative estimate of drug-likeness (QED) is 0.744. The zero-order valence-corrected chi connectivity index (χ0v) is 11.5. The van der Waals surface area contributed by atoms with E-state index in [9.17, 15) is 9.90 Å². The van der Waals surface area contributed by atoms with E-state index in [1.54, 1.807) is 30.3 Å². The molecule has 4 nitrogen and oxygen atoms in total. The Bertz CT molecular complexity index is 827. The molecule has 20 heavy (non-hydrogen) atoms. The maximum absolute atomic E-state index is 11.2. The van der Waals surface area contributed by atoms with Crippen LogP contribution in [0.4, 0.5) is 0 Å². The van der Waals surface area contributed by atoms with Crippen molar-refractivity contribution in [1.29, 1.82) is 0 Å². The number of nitrogens with one attached hydrogen (secondary N) is 1. The highest BCUT2D eigenvalue weighted by atomic mass is 35.5. The number of carboxylic acids is 1. The van der Waals surface area contributed by atoms with E-state index in [0.29, 0.717) is 32.5 Å². The van der Waals surface area contributed by atoms with Crippen LogP contribution in [0.3, 0.4) is 0 Å². The fourth-order valence-corrected chi connectivity index (χ4v) is 2.58. The molecule has 0 unspecified atom stereocenters. The minimum Gasteiger partial charge on any atom is -0.478 e. The molecule has 0 saturated heterocycles. The summed E-state index contributed by atoms with van der Waals surface area (Å²) in [5, 5.41) is 10.1. The highest BCUT2D eigenvalue weighted by Crippen LogP contribution is 2.30. The number of carboxylic acid groups (broad SMARTS) is 1. The van der Waals surface area contributed by atoms with Crippen molar-refractivity contribution in [3.63, 3.8) is 0 Å². The molecule has 100 valence electrons. The number of aromatic carboxylic acids is 1. The Balaban J connectivity index is 2.26. The van der Waals surface area contributed by atoms with Crippen LogP contribution in [-0.4, -0.2) is 21.0 Å². The smallest absolute Gasteiger partial charge is 0.336 e. The second kappa shape index (κ2) is 4.81. The summed E-state index contributed by atoms with van der Waals surface area (Å²) in [6, 6.07) is 9.93. The van der Waals surface area contributed by atoms with Gasteiger partial charge in [-0.1, -0.05) is 41.4 Å². The standard InChI is InChI=1S/C14H8Cl2N2O2/c15-7-5-10(16)12-11(6-7)17-13(18-12)8-3-1-2-4-9(8)14(19)20/h1-6H,(H,17,18)(H,19,20). The Labute approximate surface area is 124 Å². The molecule has 0 aliphatic rings. The Morgan fingerprint density at radius 2 is 1.95 bits per heavy atom. The van der Waals surface area contributed by atoms with E-state index in [2.05, 4.69) is 9.97 Å². The van der Waals surface area contributed by atoms with Crippen LogP contribution in [0.5, 0.6) is 0 Å². The Hall–Kier alpha value is -2.04. The van der Waals surface area contributed by atoms with Gasteiger partial charge in [0, 0.05) is 10.6 Å². The molecule has 1 aromatic heterocycles. The molecule has 3 aromatic rings. The van der Waals surface area contributed by atoms with Crippen molar-refractivity contribution in [3.05, 3.63) is 52.0 Å². The number of aromatic nitrogens is 2. The number of imidazole rings is 1. The van der Waals surface area contributed by atoms with Crippen LogP contribution < -0.4 is 0 Å². The van der Waals surface area contributed by atoms with Gasteiger partial charge in [0.05, 0.1) is 16.1 Å². The van der Waals surface area contributed by atoms with Crippen molar-refractivity contribution < 1.29 is 9.90 Å². The first-order valence-electron chi connectivity index (χ1n) is 5.73. The molecule has 0 radical (unpaired) electrons. The van der Waals surface area contributed by atoms with Crippen LogP contribution in [0.15, 0.2) is 36.4 Å². The van der Waals surface area contributed by atoms with Gasteiger partial charge in [0.1, 0.15) is 11.3 Å². The van der Waals surface area contributed by atoms with E-state index in [-0.39, 0.29) is 5.56 Å². The van der Waals surface area contributed by atoms with E-state index in [4.69, 9.17) is 23.2 Å². The molecule has 0 saturated carbocycles. The number of nitrogens with zero attached hydrogens (tertiary/aromatic N) is 1. The number of rotatable bonds is 2. The van der Waals surface area contributed by atoms with E-state index in [1.807, 2.05) is 0 Å². The van der Waals surface area contributed by atoms with Crippen LogP contribution in [0.1, 0.15) is 10.4 Å². The summed E-state index contributed by atoms with van der Waals surface area (Å²) in [7, 11) is 0. The monoisotopic (exact) mass is 306 g/mol. The molecule has 0 aliphatic carbocycles. The van der Waals surface area contributed by atoms with Gasteiger partial charge >= 0.3 is 5.97 Å². The molecule has 0 atom stereocenters. The van der Waals surface area contributed by atoms with Gasteiger partial charge < -0.3 is 10.1 Å². The third kappa shape index (κ3) is 2.13. The molecular weight excluding hydrogens is 299 g/mol. The summed E-state index contributed by atoms with van der Waals surface area (Å²) in [6.45, 7) is 0. The number of hydrogen-bond acceptors (Lipinski definition) is 2. The summed E-state index contributed by atoms with van der Waals surface area (Å²) in [4.78, 5) is 18.6. The molecule has 6 heteroatoms. The second-order valence-electron chi connectivity index (χ2n) is 4.22. The zero-order valence-electron chi connectivity index (χ0n) is 10.0. The maximum atomic E-state index is 11.2. The first kappa shape index (κ1) is 13.0. The van der Waals surface area contributed by atoms with Gasteiger partial charge in [0.15, 0.2) is 0 Å². The summed E-state index contributed by atoms with van der Waals surface area (Å²) in [5.41, 5.74) is 1.90. The fourth-order valence-electron chi connectivity index (χ4n) is 2.05. The van der Waals surface area contributed by atoms with Crippen molar-refractivity contribution in [1.82, 2.24) is 9.97 Å². The molecule has 3 rings (SSSR count). The van der Waals surface area contributed by atoms with Crippen molar-refractivity contribution in [2.24, 2.45) is 0 Å². The molecule has 0 aliphatic heterocycles. The van der Waals surface area contributed by atoms with Gasteiger partial charge in [0.25, 0.3) is 0 Å². The lowest BCUT2D eigenvalue weighted by atomic mass is 10.1. The van der Waals surface area contributed by atoms with E-state index < -0.39 is 5.97 Å². The number of hydrogen-bond donors (Lipinski definition) is 2. The van der Waals surface area contributed by atoms with Gasteiger partial charge in [-0.05, 0) is 18.2 Å². The van der Waals surface area contributed by atoms with E-state index in [1.165, 1.54) is 6.07 Å². The molecule has 0 amide bonds. The predicted octanol–water partition coefficient (Wildman–Crippen LogP) is 4.23. The summed E-state index contributed by atoms with van der Waals surface area (Å²) in [5.74, 6) is -0.563. The zero-order chi connectivity index (χ0) is 14.3. The SMILES string of the molecule is O=C(O)c1ccccc1-c1nc2c(Cl)cc(Cl)cc2[nH]1. The van der Waals surface area contributed by atoms with Gasteiger partial charge in [0.2, 0.25) is 0 Å². The Morgan fingerprint density at radius 3 is 2.70 bits per heavy atom. The van der Waals surface area contributed by atoms with E-state index >= 15 is 0 Å². The van der Waals surface area contributed by atoms with Gasteiger partial charge in [-0.3, -0.25) is 0 Å².